The van der Waals surface area contributed by atoms with Crippen molar-refractivity contribution in [2.24, 2.45) is 56.2 Å². The average molecular weight is 483 g/mol. The molecule has 0 heterocycles. The van der Waals surface area contributed by atoms with Gasteiger partial charge in [-0.25, -0.2) is 0 Å². The van der Waals surface area contributed by atoms with E-state index in [0.29, 0.717) is 38.6 Å². The molecule has 0 aromatic rings. The van der Waals surface area contributed by atoms with Gasteiger partial charge in [-0.2, -0.15) is 0 Å². The topological polar surface area (TPSA) is 9.23 Å². The van der Waals surface area contributed by atoms with Crippen molar-refractivity contribution in [3.05, 3.63) is 12.2 Å². The van der Waals surface area contributed by atoms with Gasteiger partial charge in [-0.05, 0) is 133 Å². The summed E-state index contributed by atoms with van der Waals surface area (Å²) in [6.07, 6.45) is 17.4. The number of rotatable bonds is 7. The molecule has 9 atom stereocenters. The van der Waals surface area contributed by atoms with Crippen molar-refractivity contribution in [1.29, 1.82) is 0 Å². The molecule has 5 saturated carbocycles. The van der Waals surface area contributed by atoms with Crippen LogP contribution in [0, 0.1) is 56.2 Å². The Hall–Kier alpha value is -0.300. The number of allylic oxidation sites excluding steroid dienone is 1. The predicted molar refractivity (Wildman–Crippen MR) is 149 cm³/mol. The lowest BCUT2D eigenvalue weighted by Crippen LogP contribution is -2.57. The fourth-order valence-corrected chi connectivity index (χ4v) is 11.9. The van der Waals surface area contributed by atoms with Crippen LogP contribution in [0.25, 0.3) is 0 Å². The Labute approximate surface area is 218 Å². The Kier molecular flexibility index (Phi) is 6.09. The number of hydrogen-bond donors (Lipinski definition) is 0. The van der Waals surface area contributed by atoms with Gasteiger partial charge in [-0.1, -0.05) is 67.5 Å². The van der Waals surface area contributed by atoms with Gasteiger partial charge in [-0.15, -0.1) is 0 Å². The standard InChI is InChI=1S/C34H58O/c1-11-29(4,5)24(3)13-12-23(2)25-16-18-32(9)27-15-14-26-30(6,7)28(35-10)17-19-33(26)22-34(27,33)21-20-31(25,32)8/h23,25-28H,3,11-22H2,1-2,4-10H3. The van der Waals surface area contributed by atoms with Crippen LogP contribution < -0.4 is 0 Å². The Morgan fingerprint density at radius 1 is 0.914 bits per heavy atom. The van der Waals surface area contributed by atoms with E-state index in [9.17, 15) is 0 Å². The van der Waals surface area contributed by atoms with E-state index in [1.54, 1.807) is 6.42 Å². The molecule has 0 amide bonds. The normalized spacial score (nSPS) is 48.8. The van der Waals surface area contributed by atoms with Crippen LogP contribution in [0.4, 0.5) is 0 Å². The zero-order valence-corrected chi connectivity index (χ0v) is 25.0. The van der Waals surface area contributed by atoms with Crippen molar-refractivity contribution >= 4 is 0 Å². The number of fused-ring (bicyclic) bond motifs is 2. The monoisotopic (exact) mass is 482 g/mol. The van der Waals surface area contributed by atoms with Gasteiger partial charge in [0.25, 0.3) is 0 Å². The highest BCUT2D eigenvalue weighted by Crippen LogP contribution is 2.89. The first-order chi connectivity index (χ1) is 16.3. The molecule has 5 rings (SSSR count). The van der Waals surface area contributed by atoms with Crippen molar-refractivity contribution in [3.63, 3.8) is 0 Å². The lowest BCUT2D eigenvalue weighted by Gasteiger charge is -2.63. The van der Waals surface area contributed by atoms with Crippen molar-refractivity contribution in [3.8, 4) is 0 Å². The molecule has 0 N–H and O–H groups in total. The molecule has 1 heteroatoms. The van der Waals surface area contributed by atoms with E-state index in [1.807, 2.05) is 7.11 Å². The number of methoxy groups -OCH3 is 1. The van der Waals surface area contributed by atoms with Crippen LogP contribution in [0.5, 0.6) is 0 Å². The van der Waals surface area contributed by atoms with E-state index in [2.05, 4.69) is 62.0 Å². The second kappa shape index (κ2) is 8.10. The van der Waals surface area contributed by atoms with Crippen LogP contribution in [0.1, 0.15) is 132 Å². The van der Waals surface area contributed by atoms with Gasteiger partial charge in [0.15, 0.2) is 0 Å². The Bertz CT molecular complexity index is 853. The molecule has 5 aliphatic rings. The molecule has 5 aliphatic carbocycles. The van der Waals surface area contributed by atoms with Gasteiger partial charge in [-0.3, -0.25) is 0 Å². The molecule has 0 aliphatic heterocycles. The maximum atomic E-state index is 6.06. The van der Waals surface area contributed by atoms with Crippen LogP contribution in [0.2, 0.25) is 0 Å². The van der Waals surface area contributed by atoms with E-state index in [0.717, 1.165) is 23.7 Å². The first-order valence-electron chi connectivity index (χ1n) is 15.5. The molecule has 2 spiro atoms. The van der Waals surface area contributed by atoms with E-state index in [-0.39, 0.29) is 0 Å². The zero-order chi connectivity index (χ0) is 25.7. The summed E-state index contributed by atoms with van der Waals surface area (Å²) < 4.78 is 6.06. The second-order valence-electron chi connectivity index (χ2n) is 16.1. The van der Waals surface area contributed by atoms with E-state index in [4.69, 9.17) is 4.74 Å². The van der Waals surface area contributed by atoms with Gasteiger partial charge < -0.3 is 4.74 Å². The maximum Gasteiger partial charge on any atom is 0.0625 e. The minimum atomic E-state index is 0.291. The minimum absolute atomic E-state index is 0.291. The van der Waals surface area contributed by atoms with Crippen molar-refractivity contribution in [1.82, 2.24) is 0 Å². The second-order valence-corrected chi connectivity index (χ2v) is 16.1. The van der Waals surface area contributed by atoms with E-state index in [1.165, 1.54) is 76.2 Å². The molecule has 0 aromatic carbocycles. The predicted octanol–water partition coefficient (Wildman–Crippen LogP) is 9.85. The lowest BCUT2D eigenvalue weighted by molar-refractivity contribution is -0.166. The molecule has 0 saturated heterocycles. The molecule has 0 aromatic heterocycles. The molecule has 200 valence electrons. The van der Waals surface area contributed by atoms with Gasteiger partial charge in [0.2, 0.25) is 0 Å². The lowest BCUT2D eigenvalue weighted by atomic mass is 9.41. The summed E-state index contributed by atoms with van der Waals surface area (Å²) in [6, 6.07) is 0. The van der Waals surface area contributed by atoms with Gasteiger partial charge in [0, 0.05) is 7.11 Å². The van der Waals surface area contributed by atoms with Crippen molar-refractivity contribution in [2.75, 3.05) is 7.11 Å². The largest absolute Gasteiger partial charge is 0.381 e. The number of ether oxygens (including phenoxy) is 1. The summed E-state index contributed by atoms with van der Waals surface area (Å²) in [5, 5.41) is 0. The molecular formula is C34H58O. The van der Waals surface area contributed by atoms with Crippen molar-refractivity contribution in [2.45, 2.75) is 139 Å². The summed E-state index contributed by atoms with van der Waals surface area (Å²) in [5.74, 6) is 3.56. The molecular weight excluding hydrogens is 424 g/mol. The Morgan fingerprint density at radius 2 is 1.57 bits per heavy atom. The fraction of sp³-hybridized carbons (Fsp3) is 0.941. The average Bonchev–Trinajstić information content (AvgIpc) is 3.39. The molecule has 0 bridgehead atoms. The molecule has 9 unspecified atom stereocenters. The van der Waals surface area contributed by atoms with Gasteiger partial charge >= 0.3 is 0 Å². The first-order valence-corrected chi connectivity index (χ1v) is 15.5. The SMILES string of the molecule is C=C(CCC(C)C1CCC2(C)C3CCC4C(C)(C)C(OC)CCC45CC35CCC12C)C(C)(C)CC. The fourth-order valence-electron chi connectivity index (χ4n) is 11.9. The smallest absolute Gasteiger partial charge is 0.0625 e. The van der Waals surface area contributed by atoms with Crippen LogP contribution in [0.3, 0.4) is 0 Å². The Balaban J connectivity index is 1.35. The third-order valence-corrected chi connectivity index (χ3v) is 14.8. The summed E-state index contributed by atoms with van der Waals surface area (Å²) in [5.41, 5.74) is 4.49. The minimum Gasteiger partial charge on any atom is -0.381 e. The highest BCUT2D eigenvalue weighted by molar-refractivity contribution is 5.30. The zero-order valence-electron chi connectivity index (χ0n) is 25.0. The first kappa shape index (κ1) is 26.3. The molecule has 5 fully saturated rings. The highest BCUT2D eigenvalue weighted by atomic mass is 16.5. The van der Waals surface area contributed by atoms with Gasteiger partial charge in [0.05, 0.1) is 6.10 Å². The third-order valence-electron chi connectivity index (χ3n) is 14.8. The van der Waals surface area contributed by atoms with Crippen LogP contribution in [0.15, 0.2) is 12.2 Å². The van der Waals surface area contributed by atoms with E-state index < -0.39 is 0 Å². The van der Waals surface area contributed by atoms with Crippen LogP contribution in [-0.4, -0.2) is 13.2 Å². The summed E-state index contributed by atoms with van der Waals surface area (Å²) in [7, 11) is 1.96. The molecule has 0 radical (unpaired) electrons. The molecule has 35 heavy (non-hydrogen) atoms. The highest BCUT2D eigenvalue weighted by Gasteiger charge is 2.82. The van der Waals surface area contributed by atoms with Crippen molar-refractivity contribution < 1.29 is 4.74 Å². The summed E-state index contributed by atoms with van der Waals surface area (Å²) in [6.45, 7) is 24.9. The maximum absolute atomic E-state index is 6.06. The number of hydrogen-bond acceptors (Lipinski definition) is 1. The molecule has 1 nitrogen and oxygen atoms in total. The summed E-state index contributed by atoms with van der Waals surface area (Å²) >= 11 is 0. The third kappa shape index (κ3) is 3.27. The quantitative estimate of drug-likeness (QED) is 0.328. The van der Waals surface area contributed by atoms with Gasteiger partial charge in [0.1, 0.15) is 0 Å². The van der Waals surface area contributed by atoms with E-state index >= 15 is 0 Å². The summed E-state index contributed by atoms with van der Waals surface area (Å²) in [4.78, 5) is 0. The van der Waals surface area contributed by atoms with Crippen LogP contribution in [-0.2, 0) is 4.74 Å². The Morgan fingerprint density at radius 3 is 2.23 bits per heavy atom. The van der Waals surface area contributed by atoms with Crippen LogP contribution >= 0.6 is 0 Å².